The first-order valence-corrected chi connectivity index (χ1v) is 7.65. The lowest BCUT2D eigenvalue weighted by Crippen LogP contribution is -2.23. The highest BCUT2D eigenvalue weighted by Gasteiger charge is 2.23. The predicted octanol–water partition coefficient (Wildman–Crippen LogP) is 4.31. The second kappa shape index (κ2) is 5.38. The van der Waals surface area contributed by atoms with Crippen molar-refractivity contribution in [1.82, 2.24) is 4.98 Å². The quantitative estimate of drug-likeness (QED) is 0.844. The monoisotopic (exact) mass is 256 g/mol. The molecule has 0 bridgehead atoms. The lowest BCUT2D eigenvalue weighted by Gasteiger charge is -2.27. The van der Waals surface area contributed by atoms with E-state index < -0.39 is 0 Å². The van der Waals surface area contributed by atoms with Gasteiger partial charge in [-0.3, -0.25) is 0 Å². The van der Waals surface area contributed by atoms with E-state index >= 15 is 0 Å². The minimum Gasteiger partial charge on any atom is -0.361 e. The highest BCUT2D eigenvalue weighted by atomic mass is 14.7. The lowest BCUT2D eigenvalue weighted by atomic mass is 9.81. The Labute approximate surface area is 115 Å². The highest BCUT2D eigenvalue weighted by Crippen LogP contribution is 2.35. The maximum absolute atomic E-state index is 6.55. The number of rotatable bonds is 3. The van der Waals surface area contributed by atoms with Crippen LogP contribution in [0.5, 0.6) is 0 Å². The van der Waals surface area contributed by atoms with Crippen LogP contribution in [0.1, 0.15) is 56.2 Å². The number of fused-ring (bicyclic) bond motifs is 1. The van der Waals surface area contributed by atoms with Crippen molar-refractivity contribution in [2.45, 2.75) is 51.5 Å². The summed E-state index contributed by atoms with van der Waals surface area (Å²) in [5.74, 6) is 0.665. The van der Waals surface area contributed by atoms with Gasteiger partial charge in [-0.1, -0.05) is 32.3 Å². The standard InChI is InChI=1S/C17H24N2/c1-2-12-8-9-16-14(10-12)15(11-19-16)17(18)13-6-4-3-5-7-13/h8-11,13,17,19H,2-7,18H2,1H3. The fraction of sp³-hybridized carbons (Fsp3) is 0.529. The Morgan fingerprint density at radius 2 is 2.05 bits per heavy atom. The third-order valence-corrected chi connectivity index (χ3v) is 4.70. The van der Waals surface area contributed by atoms with Gasteiger partial charge in [0.25, 0.3) is 0 Å². The van der Waals surface area contributed by atoms with Crippen molar-refractivity contribution in [3.05, 3.63) is 35.5 Å². The largest absolute Gasteiger partial charge is 0.361 e. The number of nitrogens with two attached hydrogens (primary N) is 1. The molecule has 2 nitrogen and oxygen atoms in total. The molecule has 0 aliphatic heterocycles. The van der Waals surface area contributed by atoms with Gasteiger partial charge in [0, 0.05) is 23.1 Å². The predicted molar refractivity (Wildman–Crippen MR) is 81.2 cm³/mol. The Morgan fingerprint density at radius 3 is 2.79 bits per heavy atom. The minimum absolute atomic E-state index is 0.196. The average Bonchev–Trinajstić information content (AvgIpc) is 2.90. The first-order chi connectivity index (χ1) is 9.29. The molecular formula is C17H24N2. The number of benzene rings is 1. The zero-order chi connectivity index (χ0) is 13.2. The van der Waals surface area contributed by atoms with Crippen LogP contribution in [0.25, 0.3) is 10.9 Å². The molecule has 1 aliphatic carbocycles. The molecule has 0 radical (unpaired) electrons. The Hall–Kier alpha value is -1.28. The van der Waals surface area contributed by atoms with Crippen molar-refractivity contribution < 1.29 is 0 Å². The first-order valence-electron chi connectivity index (χ1n) is 7.65. The van der Waals surface area contributed by atoms with Crippen LogP contribution in [-0.4, -0.2) is 4.98 Å². The molecule has 1 aromatic carbocycles. The van der Waals surface area contributed by atoms with Crippen LogP contribution in [0.4, 0.5) is 0 Å². The number of aromatic amines is 1. The number of nitrogens with one attached hydrogen (secondary N) is 1. The Kier molecular flexibility index (Phi) is 3.61. The zero-order valence-corrected chi connectivity index (χ0v) is 11.8. The molecule has 102 valence electrons. The van der Waals surface area contributed by atoms with E-state index in [2.05, 4.69) is 36.3 Å². The summed E-state index contributed by atoms with van der Waals surface area (Å²) in [7, 11) is 0. The molecule has 1 aliphatic rings. The van der Waals surface area contributed by atoms with Gasteiger partial charge in [0.05, 0.1) is 0 Å². The molecule has 19 heavy (non-hydrogen) atoms. The number of aryl methyl sites for hydroxylation is 1. The van der Waals surface area contributed by atoms with Crippen LogP contribution < -0.4 is 5.73 Å². The minimum atomic E-state index is 0.196. The van der Waals surface area contributed by atoms with E-state index in [0.29, 0.717) is 5.92 Å². The summed E-state index contributed by atoms with van der Waals surface area (Å²) in [6.45, 7) is 2.20. The Bertz CT molecular complexity index is 549. The zero-order valence-electron chi connectivity index (χ0n) is 11.8. The van der Waals surface area contributed by atoms with Crippen molar-refractivity contribution >= 4 is 10.9 Å². The van der Waals surface area contributed by atoms with Gasteiger partial charge >= 0.3 is 0 Å². The van der Waals surface area contributed by atoms with Crippen molar-refractivity contribution in [3.63, 3.8) is 0 Å². The fourth-order valence-electron chi connectivity index (χ4n) is 3.43. The molecule has 1 saturated carbocycles. The summed E-state index contributed by atoms with van der Waals surface area (Å²) in [6, 6.07) is 6.89. The maximum Gasteiger partial charge on any atom is 0.0457 e. The average molecular weight is 256 g/mol. The molecule has 1 atom stereocenters. The molecule has 1 fully saturated rings. The Balaban J connectivity index is 1.94. The van der Waals surface area contributed by atoms with E-state index in [1.807, 2.05) is 0 Å². The van der Waals surface area contributed by atoms with Gasteiger partial charge in [-0.05, 0) is 48.4 Å². The molecule has 3 N–H and O–H groups in total. The van der Waals surface area contributed by atoms with Gasteiger partial charge in [-0.15, -0.1) is 0 Å². The van der Waals surface area contributed by atoms with Crippen molar-refractivity contribution in [1.29, 1.82) is 0 Å². The van der Waals surface area contributed by atoms with E-state index in [-0.39, 0.29) is 6.04 Å². The van der Waals surface area contributed by atoms with Crippen LogP contribution in [0.15, 0.2) is 24.4 Å². The molecular weight excluding hydrogens is 232 g/mol. The third kappa shape index (κ3) is 2.42. The Morgan fingerprint density at radius 1 is 1.26 bits per heavy atom. The second-order valence-electron chi connectivity index (χ2n) is 5.90. The van der Waals surface area contributed by atoms with Gasteiger partial charge in [-0.2, -0.15) is 0 Å². The normalized spacial score (nSPS) is 18.8. The smallest absolute Gasteiger partial charge is 0.0457 e. The number of aromatic nitrogens is 1. The summed E-state index contributed by atoms with van der Waals surface area (Å²) >= 11 is 0. The molecule has 1 heterocycles. The van der Waals surface area contributed by atoms with E-state index in [9.17, 15) is 0 Å². The molecule has 1 aromatic heterocycles. The van der Waals surface area contributed by atoms with E-state index in [0.717, 1.165) is 6.42 Å². The summed E-state index contributed by atoms with van der Waals surface area (Å²) in [5.41, 5.74) is 10.5. The molecule has 3 rings (SSSR count). The van der Waals surface area contributed by atoms with E-state index in [1.54, 1.807) is 0 Å². The summed E-state index contributed by atoms with van der Waals surface area (Å²) < 4.78 is 0. The summed E-state index contributed by atoms with van der Waals surface area (Å²) in [5, 5.41) is 1.33. The number of H-pyrrole nitrogens is 1. The first kappa shape index (κ1) is 12.7. The van der Waals surface area contributed by atoms with Gasteiger partial charge in [0.2, 0.25) is 0 Å². The van der Waals surface area contributed by atoms with Crippen LogP contribution in [-0.2, 0) is 6.42 Å². The fourth-order valence-corrected chi connectivity index (χ4v) is 3.43. The van der Waals surface area contributed by atoms with Crippen LogP contribution in [0, 0.1) is 5.92 Å². The maximum atomic E-state index is 6.55. The van der Waals surface area contributed by atoms with Crippen LogP contribution in [0.2, 0.25) is 0 Å². The van der Waals surface area contributed by atoms with Gasteiger partial charge < -0.3 is 10.7 Å². The second-order valence-corrected chi connectivity index (χ2v) is 5.90. The van der Waals surface area contributed by atoms with Gasteiger partial charge in [0.15, 0.2) is 0 Å². The molecule has 1 unspecified atom stereocenters. The highest BCUT2D eigenvalue weighted by molar-refractivity contribution is 5.84. The lowest BCUT2D eigenvalue weighted by molar-refractivity contribution is 0.309. The van der Waals surface area contributed by atoms with Gasteiger partial charge in [0.1, 0.15) is 0 Å². The van der Waals surface area contributed by atoms with Crippen LogP contribution in [0.3, 0.4) is 0 Å². The summed E-state index contributed by atoms with van der Waals surface area (Å²) in [6.07, 6.45) is 9.88. The topological polar surface area (TPSA) is 41.8 Å². The molecule has 2 aromatic rings. The number of hydrogen-bond donors (Lipinski definition) is 2. The third-order valence-electron chi connectivity index (χ3n) is 4.70. The summed E-state index contributed by atoms with van der Waals surface area (Å²) in [4.78, 5) is 3.38. The van der Waals surface area contributed by atoms with E-state index in [4.69, 9.17) is 5.73 Å². The van der Waals surface area contributed by atoms with Crippen molar-refractivity contribution in [2.24, 2.45) is 11.7 Å². The molecule has 0 amide bonds. The molecule has 0 spiro atoms. The molecule has 0 saturated heterocycles. The SMILES string of the molecule is CCc1ccc2[nH]cc(C(N)C3CCCCC3)c2c1. The number of hydrogen-bond acceptors (Lipinski definition) is 1. The van der Waals surface area contributed by atoms with Gasteiger partial charge in [-0.25, -0.2) is 0 Å². The van der Waals surface area contributed by atoms with Crippen molar-refractivity contribution in [3.8, 4) is 0 Å². The van der Waals surface area contributed by atoms with Crippen molar-refractivity contribution in [2.75, 3.05) is 0 Å². The van der Waals surface area contributed by atoms with Crippen LogP contribution >= 0.6 is 0 Å². The molecule has 2 heteroatoms. The van der Waals surface area contributed by atoms with E-state index in [1.165, 1.54) is 54.1 Å².